The first kappa shape index (κ1) is 26.1. The number of carbonyl (C=O) groups excluding carboxylic acids is 2. The van der Waals surface area contributed by atoms with Crippen LogP contribution in [0.1, 0.15) is 28.4 Å². The minimum Gasteiger partial charge on any atom is -0.494 e. The molecule has 0 atom stereocenters. The number of rotatable bonds is 8. The number of carbonyl (C=O) groups is 3. The number of carboxylic acids is 1. The molecule has 0 aromatic heterocycles. The standard InChI is InChI=1S/C27H21BrN2O6S/c1-2-35-20-10-8-19(9-11-20)30-25(32)21(24(31)29-27(30)37)13-17-5-12-23(22(28)14-17)36-15-16-3-6-18(7-4-16)26(33)34/h3-14H,2,15H2,1H3,(H,33,34)(H,29,31,37). The molecule has 1 aliphatic heterocycles. The molecule has 8 nitrogen and oxygen atoms in total. The monoisotopic (exact) mass is 580 g/mol. The molecule has 0 radical (unpaired) electrons. The van der Waals surface area contributed by atoms with Gasteiger partial charge in [-0.15, -0.1) is 0 Å². The first-order valence-electron chi connectivity index (χ1n) is 11.2. The number of amides is 2. The third-order valence-corrected chi connectivity index (χ3v) is 6.27. The molecule has 3 aromatic carbocycles. The average molecular weight is 581 g/mol. The molecule has 1 fully saturated rings. The van der Waals surface area contributed by atoms with E-state index in [0.717, 1.165) is 5.56 Å². The highest BCUT2D eigenvalue weighted by atomic mass is 79.9. The molecule has 0 unspecified atom stereocenters. The van der Waals surface area contributed by atoms with Crippen molar-refractivity contribution >= 4 is 62.8 Å². The van der Waals surface area contributed by atoms with Crippen LogP contribution in [0.2, 0.25) is 0 Å². The van der Waals surface area contributed by atoms with Gasteiger partial charge in [0.25, 0.3) is 11.8 Å². The maximum absolute atomic E-state index is 13.2. The largest absolute Gasteiger partial charge is 0.494 e. The van der Waals surface area contributed by atoms with Crippen LogP contribution in [0, 0.1) is 0 Å². The summed E-state index contributed by atoms with van der Waals surface area (Å²) in [5, 5.41) is 11.6. The molecular formula is C27H21BrN2O6S. The van der Waals surface area contributed by atoms with Gasteiger partial charge in [-0.1, -0.05) is 18.2 Å². The fourth-order valence-electron chi connectivity index (χ4n) is 3.55. The summed E-state index contributed by atoms with van der Waals surface area (Å²) in [6.07, 6.45) is 1.49. The van der Waals surface area contributed by atoms with Crippen molar-refractivity contribution in [2.45, 2.75) is 13.5 Å². The lowest BCUT2D eigenvalue weighted by Gasteiger charge is -2.29. The van der Waals surface area contributed by atoms with Gasteiger partial charge in [-0.05, 0) is 101 Å². The van der Waals surface area contributed by atoms with Crippen LogP contribution in [0.5, 0.6) is 11.5 Å². The number of halogens is 1. The van der Waals surface area contributed by atoms with Crippen molar-refractivity contribution in [3.63, 3.8) is 0 Å². The van der Waals surface area contributed by atoms with Gasteiger partial charge in [-0.2, -0.15) is 0 Å². The molecule has 1 saturated heterocycles. The average Bonchev–Trinajstić information content (AvgIpc) is 2.87. The summed E-state index contributed by atoms with van der Waals surface area (Å²) in [5.74, 6) is -0.918. The predicted octanol–water partition coefficient (Wildman–Crippen LogP) is 4.96. The van der Waals surface area contributed by atoms with Crippen molar-refractivity contribution in [1.29, 1.82) is 0 Å². The van der Waals surface area contributed by atoms with Gasteiger partial charge < -0.3 is 14.6 Å². The van der Waals surface area contributed by atoms with E-state index in [-0.39, 0.29) is 22.9 Å². The van der Waals surface area contributed by atoms with Crippen molar-refractivity contribution in [3.05, 3.63) is 93.5 Å². The minimum absolute atomic E-state index is 0.00220. The van der Waals surface area contributed by atoms with Crippen molar-refractivity contribution in [3.8, 4) is 11.5 Å². The topological polar surface area (TPSA) is 105 Å². The Bertz CT molecular complexity index is 1400. The zero-order chi connectivity index (χ0) is 26.5. The van der Waals surface area contributed by atoms with Gasteiger partial charge in [0.05, 0.1) is 22.3 Å². The molecule has 2 amide bonds. The van der Waals surface area contributed by atoms with Gasteiger partial charge in [-0.3, -0.25) is 19.8 Å². The Labute approximate surface area is 226 Å². The summed E-state index contributed by atoms with van der Waals surface area (Å²) in [4.78, 5) is 38.1. The molecule has 3 aromatic rings. The Balaban J connectivity index is 1.51. The molecule has 0 aliphatic carbocycles. The van der Waals surface area contributed by atoms with Crippen molar-refractivity contribution in [1.82, 2.24) is 5.32 Å². The van der Waals surface area contributed by atoms with Gasteiger partial charge in [0, 0.05) is 0 Å². The van der Waals surface area contributed by atoms with Gasteiger partial charge in [0.15, 0.2) is 5.11 Å². The zero-order valence-electron chi connectivity index (χ0n) is 19.6. The molecule has 4 rings (SSSR count). The highest BCUT2D eigenvalue weighted by molar-refractivity contribution is 9.10. The number of carboxylic acid groups (broad SMARTS) is 1. The van der Waals surface area contributed by atoms with Crippen LogP contribution in [0.25, 0.3) is 6.08 Å². The van der Waals surface area contributed by atoms with Gasteiger partial charge in [-0.25, -0.2) is 4.79 Å². The van der Waals surface area contributed by atoms with Gasteiger partial charge in [0.2, 0.25) is 0 Å². The van der Waals surface area contributed by atoms with Gasteiger partial charge >= 0.3 is 5.97 Å². The Morgan fingerprint density at radius 3 is 2.38 bits per heavy atom. The van der Waals surface area contributed by atoms with E-state index in [2.05, 4.69) is 21.2 Å². The van der Waals surface area contributed by atoms with Gasteiger partial charge in [0.1, 0.15) is 23.7 Å². The van der Waals surface area contributed by atoms with Crippen LogP contribution in [0.3, 0.4) is 0 Å². The van der Waals surface area contributed by atoms with Crippen LogP contribution in [0.15, 0.2) is 76.8 Å². The molecule has 10 heteroatoms. The van der Waals surface area contributed by atoms with E-state index in [1.807, 2.05) is 6.92 Å². The lowest BCUT2D eigenvalue weighted by atomic mass is 10.1. The fourth-order valence-corrected chi connectivity index (χ4v) is 4.34. The lowest BCUT2D eigenvalue weighted by molar-refractivity contribution is -0.122. The lowest BCUT2D eigenvalue weighted by Crippen LogP contribution is -2.54. The number of benzene rings is 3. The maximum atomic E-state index is 13.2. The fraction of sp³-hybridized carbons (Fsp3) is 0.111. The van der Waals surface area contributed by atoms with E-state index in [4.69, 9.17) is 26.8 Å². The normalized spacial score (nSPS) is 14.5. The van der Waals surface area contributed by atoms with E-state index in [0.29, 0.717) is 33.8 Å². The summed E-state index contributed by atoms with van der Waals surface area (Å²) >= 11 is 8.72. The second kappa shape index (κ2) is 11.4. The molecule has 0 bridgehead atoms. The summed E-state index contributed by atoms with van der Waals surface area (Å²) in [6, 6.07) is 18.4. The molecule has 0 spiro atoms. The Morgan fingerprint density at radius 1 is 1.05 bits per heavy atom. The maximum Gasteiger partial charge on any atom is 0.335 e. The highest BCUT2D eigenvalue weighted by Crippen LogP contribution is 2.29. The number of ether oxygens (including phenoxy) is 2. The highest BCUT2D eigenvalue weighted by Gasteiger charge is 2.34. The Kier molecular flexibility index (Phi) is 8.00. The van der Waals surface area contributed by atoms with Crippen LogP contribution in [-0.4, -0.2) is 34.6 Å². The third kappa shape index (κ3) is 6.04. The molecule has 37 heavy (non-hydrogen) atoms. The second-order valence-electron chi connectivity index (χ2n) is 7.87. The first-order valence-corrected chi connectivity index (χ1v) is 12.4. The summed E-state index contributed by atoms with van der Waals surface area (Å²) in [7, 11) is 0. The van der Waals surface area contributed by atoms with Crippen LogP contribution >= 0.6 is 28.1 Å². The SMILES string of the molecule is CCOc1ccc(N2C(=O)C(=Cc3ccc(OCc4ccc(C(=O)O)cc4)c(Br)c3)C(=O)NC2=S)cc1. The van der Waals surface area contributed by atoms with Crippen molar-refractivity contribution in [2.24, 2.45) is 0 Å². The first-order chi connectivity index (χ1) is 17.8. The van der Waals surface area contributed by atoms with Crippen LogP contribution < -0.4 is 19.7 Å². The Morgan fingerprint density at radius 2 is 1.76 bits per heavy atom. The number of hydrogen-bond donors (Lipinski definition) is 2. The molecule has 1 aliphatic rings. The van der Waals surface area contributed by atoms with E-state index < -0.39 is 17.8 Å². The second-order valence-corrected chi connectivity index (χ2v) is 9.11. The molecule has 1 heterocycles. The van der Waals surface area contributed by atoms with E-state index in [9.17, 15) is 14.4 Å². The third-order valence-electron chi connectivity index (χ3n) is 5.37. The van der Waals surface area contributed by atoms with E-state index in [1.165, 1.54) is 23.1 Å². The van der Waals surface area contributed by atoms with Crippen molar-refractivity contribution < 1.29 is 29.0 Å². The predicted molar refractivity (Wildman–Crippen MR) is 146 cm³/mol. The molecule has 188 valence electrons. The van der Waals surface area contributed by atoms with Crippen molar-refractivity contribution in [2.75, 3.05) is 11.5 Å². The quantitative estimate of drug-likeness (QED) is 0.220. The summed E-state index contributed by atoms with van der Waals surface area (Å²) in [5.41, 5.74) is 2.04. The number of aromatic carboxylic acids is 1. The number of nitrogens with zero attached hydrogens (tertiary/aromatic N) is 1. The Hall–Kier alpha value is -4.02. The van der Waals surface area contributed by atoms with Crippen LogP contribution in [-0.2, 0) is 16.2 Å². The van der Waals surface area contributed by atoms with Crippen LogP contribution in [0.4, 0.5) is 5.69 Å². The minimum atomic E-state index is -0.991. The van der Waals surface area contributed by atoms with E-state index in [1.54, 1.807) is 54.6 Å². The number of anilines is 1. The molecule has 0 saturated carbocycles. The number of thiocarbonyl (C=S) groups is 1. The number of nitrogens with one attached hydrogen (secondary N) is 1. The molecular weight excluding hydrogens is 560 g/mol. The van der Waals surface area contributed by atoms with E-state index >= 15 is 0 Å². The summed E-state index contributed by atoms with van der Waals surface area (Å²) in [6.45, 7) is 2.62. The smallest absolute Gasteiger partial charge is 0.335 e. The summed E-state index contributed by atoms with van der Waals surface area (Å²) < 4.78 is 11.9. The zero-order valence-corrected chi connectivity index (χ0v) is 22.0. The number of hydrogen-bond acceptors (Lipinski definition) is 6. The molecule has 2 N–H and O–H groups in total.